The quantitative estimate of drug-likeness (QED) is 0.489. The molecule has 32 heavy (non-hydrogen) atoms. The maximum absolute atomic E-state index is 14.9. The number of carbonyl (C=O) groups excluding carboxylic acids is 4. The first-order chi connectivity index (χ1) is 15.4. The van der Waals surface area contributed by atoms with Gasteiger partial charge >= 0.3 is 11.9 Å². The van der Waals surface area contributed by atoms with Gasteiger partial charge in [0.1, 0.15) is 11.6 Å². The second kappa shape index (κ2) is 4.22. The van der Waals surface area contributed by atoms with Gasteiger partial charge in [0.15, 0.2) is 0 Å². The van der Waals surface area contributed by atoms with Crippen LogP contribution in [0.3, 0.4) is 0 Å². The van der Waals surface area contributed by atoms with E-state index in [1.54, 1.807) is 0 Å². The molecule has 4 spiro atoms. The topological polar surface area (TPSA) is 86.7 Å². The van der Waals surface area contributed by atoms with Crippen molar-refractivity contribution in [3.8, 4) is 0 Å². The lowest BCUT2D eigenvalue weighted by molar-refractivity contribution is -0.197. The molecule has 0 N–H and O–H groups in total. The number of methoxy groups -OCH3 is 2. The number of esters is 2. The molecule has 6 heteroatoms. The first-order valence-electron chi connectivity index (χ1n) is 11.8. The Morgan fingerprint density at radius 3 is 1.56 bits per heavy atom. The molecule has 0 unspecified atom stereocenters. The predicted octanol–water partition coefficient (Wildman–Crippen LogP) is 1.66. The average Bonchev–Trinajstić information content (AvgIpc) is 3.55. The van der Waals surface area contributed by atoms with Crippen LogP contribution in [0.5, 0.6) is 0 Å². The van der Waals surface area contributed by atoms with E-state index >= 15 is 0 Å². The highest BCUT2D eigenvalue weighted by molar-refractivity contribution is 6.20. The lowest BCUT2D eigenvalue weighted by Gasteiger charge is -2.65. The van der Waals surface area contributed by atoms with Gasteiger partial charge < -0.3 is 9.47 Å². The summed E-state index contributed by atoms with van der Waals surface area (Å²) in [6, 6.07) is 0. The number of ketones is 2. The van der Waals surface area contributed by atoms with Crippen LogP contribution in [-0.4, -0.2) is 37.7 Å². The Morgan fingerprint density at radius 2 is 1.16 bits per heavy atom. The molecule has 0 heterocycles. The normalized spacial score (nSPS) is 61.1. The zero-order valence-electron chi connectivity index (χ0n) is 17.8. The standard InChI is InChI=1S/C26H22O6/c1-31-19(27)15-11-5-6-12(16(15)20(28)32-2)26-14-8-13-17-18(14)24(22(26)30)10-4-3-9(7-10)23(17,24)21(29)25(11,13)26/h3-6,9-14,17-18H,7-8H2,1-2H3/t9-,10+,11-,12+,13+,14-,17-,18-,23-,24+,25+,26-/m1/s1. The monoisotopic (exact) mass is 430 g/mol. The molecule has 0 aromatic carbocycles. The summed E-state index contributed by atoms with van der Waals surface area (Å²) < 4.78 is 10.3. The first-order valence-corrected chi connectivity index (χ1v) is 11.8. The number of fused-ring (bicyclic) bond motifs is 2. The molecule has 6 bridgehead atoms. The molecule has 6 saturated carbocycles. The molecule has 0 amide bonds. The van der Waals surface area contributed by atoms with Crippen molar-refractivity contribution >= 4 is 23.5 Å². The Bertz CT molecular complexity index is 1180. The third kappa shape index (κ3) is 0.965. The van der Waals surface area contributed by atoms with Crippen LogP contribution in [0.1, 0.15) is 12.8 Å². The Labute approximate surface area is 184 Å². The third-order valence-electron chi connectivity index (χ3n) is 12.3. The molecular weight excluding hydrogens is 408 g/mol. The fraction of sp³-hybridized carbons (Fsp3) is 0.615. The summed E-state index contributed by atoms with van der Waals surface area (Å²) in [5, 5.41) is 0. The molecule has 10 rings (SSSR count). The highest BCUT2D eigenvalue weighted by atomic mass is 16.5. The zero-order valence-corrected chi connectivity index (χ0v) is 17.8. The van der Waals surface area contributed by atoms with E-state index in [9.17, 15) is 19.2 Å². The van der Waals surface area contributed by atoms with Gasteiger partial charge in [-0.05, 0) is 48.3 Å². The van der Waals surface area contributed by atoms with Gasteiger partial charge in [0.25, 0.3) is 0 Å². The molecule has 10 aliphatic rings. The van der Waals surface area contributed by atoms with Gasteiger partial charge in [0.05, 0.1) is 47.0 Å². The van der Waals surface area contributed by atoms with E-state index in [1.165, 1.54) is 14.2 Å². The zero-order chi connectivity index (χ0) is 21.7. The summed E-state index contributed by atoms with van der Waals surface area (Å²) in [7, 11) is 2.61. The van der Waals surface area contributed by atoms with Gasteiger partial charge in [-0.25, -0.2) is 9.59 Å². The summed E-state index contributed by atoms with van der Waals surface area (Å²) >= 11 is 0. The number of allylic oxidation sites excluding steroid dienone is 4. The SMILES string of the molecule is COC(=O)C1=C(C(=O)OC)[C@@H]2C=C[C@H]1[C@@]13C(=O)[C@@]45[C@H]6[C@H]7[C@@H](C[C@@H]61)[C@@]23C(=O)[C@]74[C@H]1C=C[C@@H]5C1. The van der Waals surface area contributed by atoms with E-state index in [-0.39, 0.29) is 58.2 Å². The van der Waals surface area contributed by atoms with Crippen LogP contribution < -0.4 is 0 Å². The van der Waals surface area contributed by atoms with Crippen LogP contribution in [-0.2, 0) is 28.7 Å². The van der Waals surface area contributed by atoms with Crippen molar-refractivity contribution in [3.63, 3.8) is 0 Å². The maximum Gasteiger partial charge on any atom is 0.334 e. The highest BCUT2D eigenvalue weighted by Crippen LogP contribution is 3.03. The Morgan fingerprint density at radius 1 is 0.719 bits per heavy atom. The fourth-order valence-corrected chi connectivity index (χ4v) is 12.6. The summed E-state index contributed by atoms with van der Waals surface area (Å²) in [5.41, 5.74) is -2.39. The minimum atomic E-state index is -0.894. The van der Waals surface area contributed by atoms with E-state index in [0.29, 0.717) is 0 Å². The molecule has 12 atom stereocenters. The number of hydrogen-bond donors (Lipinski definition) is 0. The van der Waals surface area contributed by atoms with E-state index in [2.05, 4.69) is 12.2 Å². The number of Topliss-reactive ketones (excluding diaryl/α,β-unsaturated/α-hetero) is 2. The van der Waals surface area contributed by atoms with E-state index in [1.807, 2.05) is 12.2 Å². The largest absolute Gasteiger partial charge is 0.466 e. The Hall–Kier alpha value is -2.50. The molecule has 6 fully saturated rings. The molecule has 6 nitrogen and oxygen atoms in total. The lowest BCUT2D eigenvalue weighted by atomic mass is 9.34. The van der Waals surface area contributed by atoms with Gasteiger partial charge in [0, 0.05) is 11.8 Å². The Balaban J connectivity index is 1.43. The van der Waals surface area contributed by atoms with Crippen LogP contribution in [0.4, 0.5) is 0 Å². The molecule has 0 radical (unpaired) electrons. The van der Waals surface area contributed by atoms with Crippen LogP contribution in [0.25, 0.3) is 0 Å². The van der Waals surface area contributed by atoms with Crippen LogP contribution in [0.2, 0.25) is 0 Å². The second-order valence-electron chi connectivity index (χ2n) is 11.6. The van der Waals surface area contributed by atoms with Crippen molar-refractivity contribution in [2.75, 3.05) is 14.2 Å². The molecule has 162 valence electrons. The van der Waals surface area contributed by atoms with Crippen molar-refractivity contribution in [2.24, 2.45) is 69.0 Å². The molecule has 0 saturated heterocycles. The minimum absolute atomic E-state index is 0.119. The van der Waals surface area contributed by atoms with E-state index in [0.717, 1.165) is 12.8 Å². The van der Waals surface area contributed by atoms with Gasteiger partial charge in [-0.1, -0.05) is 24.3 Å². The lowest BCUT2D eigenvalue weighted by Crippen LogP contribution is -2.74. The van der Waals surface area contributed by atoms with Gasteiger partial charge in [-0.3, -0.25) is 9.59 Å². The molecule has 10 aliphatic carbocycles. The second-order valence-corrected chi connectivity index (χ2v) is 11.6. The van der Waals surface area contributed by atoms with E-state index in [4.69, 9.17) is 9.47 Å². The predicted molar refractivity (Wildman–Crippen MR) is 106 cm³/mol. The fourth-order valence-electron chi connectivity index (χ4n) is 12.6. The van der Waals surface area contributed by atoms with Crippen LogP contribution >= 0.6 is 0 Å². The van der Waals surface area contributed by atoms with E-state index < -0.39 is 45.4 Å². The van der Waals surface area contributed by atoms with Crippen molar-refractivity contribution in [1.29, 1.82) is 0 Å². The number of rotatable bonds is 2. The number of ether oxygens (including phenoxy) is 2. The minimum Gasteiger partial charge on any atom is -0.466 e. The summed E-state index contributed by atoms with van der Waals surface area (Å²) in [6.07, 6.45) is 10.1. The van der Waals surface area contributed by atoms with Gasteiger partial charge in [0.2, 0.25) is 0 Å². The average molecular weight is 430 g/mol. The third-order valence-corrected chi connectivity index (χ3v) is 12.3. The highest BCUT2D eigenvalue weighted by Gasteiger charge is 3.08. The maximum atomic E-state index is 14.9. The van der Waals surface area contributed by atoms with Crippen LogP contribution in [0.15, 0.2) is 35.5 Å². The van der Waals surface area contributed by atoms with Crippen molar-refractivity contribution < 1.29 is 28.7 Å². The molecular formula is C26H22O6. The molecule has 0 aromatic heterocycles. The van der Waals surface area contributed by atoms with Gasteiger partial charge in [-0.15, -0.1) is 0 Å². The molecule has 0 aliphatic heterocycles. The van der Waals surface area contributed by atoms with Crippen LogP contribution in [0, 0.1) is 69.0 Å². The Kier molecular flexibility index (Phi) is 2.24. The summed E-state index contributed by atoms with van der Waals surface area (Å²) in [4.78, 5) is 55.9. The number of carbonyl (C=O) groups is 4. The summed E-state index contributed by atoms with van der Waals surface area (Å²) in [5.74, 6) is -0.774. The summed E-state index contributed by atoms with van der Waals surface area (Å²) in [6.45, 7) is 0. The van der Waals surface area contributed by atoms with Crippen molar-refractivity contribution in [1.82, 2.24) is 0 Å². The van der Waals surface area contributed by atoms with Gasteiger partial charge in [-0.2, -0.15) is 0 Å². The molecule has 0 aromatic rings. The van der Waals surface area contributed by atoms with Crippen molar-refractivity contribution in [3.05, 3.63) is 35.5 Å². The van der Waals surface area contributed by atoms with Crippen molar-refractivity contribution in [2.45, 2.75) is 12.8 Å². The first kappa shape index (κ1) is 17.0. The smallest absolute Gasteiger partial charge is 0.334 e. The number of hydrogen-bond acceptors (Lipinski definition) is 6.